The molecule has 0 aliphatic carbocycles. The van der Waals surface area contributed by atoms with Gasteiger partial charge in [0, 0.05) is 13.2 Å². The van der Waals surface area contributed by atoms with Gasteiger partial charge in [0.1, 0.15) is 0 Å². The summed E-state index contributed by atoms with van der Waals surface area (Å²) in [5.41, 5.74) is 1.59. The minimum absolute atomic E-state index is 0.326. The molecule has 0 spiro atoms. The fourth-order valence-corrected chi connectivity index (χ4v) is 1.26. The van der Waals surface area contributed by atoms with Gasteiger partial charge in [-0.1, -0.05) is 12.1 Å². The van der Waals surface area contributed by atoms with Crippen LogP contribution in [0.3, 0.4) is 0 Å². The summed E-state index contributed by atoms with van der Waals surface area (Å²) in [7, 11) is -0.326. The first-order valence-electron chi connectivity index (χ1n) is 5.05. The summed E-state index contributed by atoms with van der Waals surface area (Å²) in [5, 5.41) is 8.66. The Labute approximate surface area is 90.8 Å². The largest absolute Gasteiger partial charge is 0.493 e. The molecule has 78 valence electrons. The van der Waals surface area contributed by atoms with E-state index in [1.54, 1.807) is 12.1 Å². The number of benzene rings is 1. The lowest BCUT2D eigenvalue weighted by Crippen LogP contribution is -2.36. The molecule has 3 nitrogen and oxygen atoms in total. The summed E-state index contributed by atoms with van der Waals surface area (Å²) < 4.78 is 10.9. The molecular weight excluding hydrogens is 189 g/mol. The Morgan fingerprint density at radius 2 is 1.67 bits per heavy atom. The van der Waals surface area contributed by atoms with E-state index >= 15 is 0 Å². The molecule has 1 aromatic carbocycles. The normalized spacial score (nSPS) is 9.67. The molecule has 0 aromatic heterocycles. The van der Waals surface area contributed by atoms with E-state index in [0.717, 1.165) is 5.46 Å². The highest BCUT2D eigenvalue weighted by Gasteiger charge is 2.19. The van der Waals surface area contributed by atoms with Crippen LogP contribution >= 0.6 is 0 Å². The Morgan fingerprint density at radius 1 is 1.13 bits per heavy atom. The van der Waals surface area contributed by atoms with Crippen molar-refractivity contribution in [2.75, 3.05) is 13.2 Å². The van der Waals surface area contributed by atoms with E-state index in [1.165, 1.54) is 0 Å². The summed E-state index contributed by atoms with van der Waals surface area (Å²) in [5.74, 6) is 0. The second-order valence-corrected chi connectivity index (χ2v) is 2.98. The van der Waals surface area contributed by atoms with Crippen molar-refractivity contribution in [3.05, 3.63) is 29.8 Å². The van der Waals surface area contributed by atoms with Gasteiger partial charge in [-0.2, -0.15) is 5.26 Å². The van der Waals surface area contributed by atoms with Gasteiger partial charge in [0.15, 0.2) is 0 Å². The minimum Gasteiger partial charge on any atom is -0.408 e. The molecule has 0 N–H and O–H groups in total. The van der Waals surface area contributed by atoms with Gasteiger partial charge in [0.25, 0.3) is 0 Å². The summed E-state index contributed by atoms with van der Waals surface area (Å²) in [6, 6.07) is 9.32. The highest BCUT2D eigenvalue weighted by molar-refractivity contribution is 6.61. The van der Waals surface area contributed by atoms with Crippen molar-refractivity contribution in [1.29, 1.82) is 5.26 Å². The minimum atomic E-state index is -0.326. The third-order valence-electron chi connectivity index (χ3n) is 1.95. The van der Waals surface area contributed by atoms with Gasteiger partial charge < -0.3 is 9.31 Å². The highest BCUT2D eigenvalue weighted by atomic mass is 16.6. The Balaban J connectivity index is 2.77. The van der Waals surface area contributed by atoms with Crippen molar-refractivity contribution < 1.29 is 9.31 Å². The Bertz CT molecular complexity index is 325. The van der Waals surface area contributed by atoms with Crippen molar-refractivity contribution in [2.45, 2.75) is 13.8 Å². The van der Waals surface area contributed by atoms with Crippen LogP contribution in [0.4, 0.5) is 0 Å². The third kappa shape index (κ3) is 3.39. The van der Waals surface area contributed by atoms with Crippen molar-refractivity contribution in [2.24, 2.45) is 0 Å². The van der Waals surface area contributed by atoms with Crippen molar-refractivity contribution in [3.63, 3.8) is 0 Å². The predicted molar refractivity (Wildman–Crippen MR) is 59.8 cm³/mol. The van der Waals surface area contributed by atoms with E-state index in [1.807, 2.05) is 26.0 Å². The maximum atomic E-state index is 8.66. The summed E-state index contributed by atoms with van der Waals surface area (Å²) in [6.45, 7) is 5.06. The highest BCUT2D eigenvalue weighted by Crippen LogP contribution is 1.97. The zero-order valence-electron chi connectivity index (χ0n) is 9.06. The summed E-state index contributed by atoms with van der Waals surface area (Å²) in [4.78, 5) is 0. The second kappa shape index (κ2) is 6.23. The van der Waals surface area contributed by atoms with Crippen LogP contribution in [0.2, 0.25) is 0 Å². The molecule has 0 amide bonds. The molecule has 0 unspecified atom stereocenters. The molecule has 0 bridgehead atoms. The van der Waals surface area contributed by atoms with Crippen LogP contribution in [0.5, 0.6) is 0 Å². The molecular formula is C11H14BNO2. The Kier molecular flexibility index (Phi) is 4.89. The van der Waals surface area contributed by atoms with E-state index in [-0.39, 0.29) is 7.12 Å². The fourth-order valence-electron chi connectivity index (χ4n) is 1.26. The molecule has 0 heterocycles. The van der Waals surface area contributed by atoms with Crippen LogP contribution in [0, 0.1) is 11.3 Å². The van der Waals surface area contributed by atoms with E-state index in [0.29, 0.717) is 18.8 Å². The monoisotopic (exact) mass is 203 g/mol. The van der Waals surface area contributed by atoms with Crippen molar-refractivity contribution >= 4 is 12.6 Å². The van der Waals surface area contributed by atoms with Crippen LogP contribution in [0.1, 0.15) is 19.4 Å². The van der Waals surface area contributed by atoms with Crippen LogP contribution in [-0.2, 0) is 9.31 Å². The van der Waals surface area contributed by atoms with Crippen LogP contribution in [0.15, 0.2) is 24.3 Å². The number of hydrogen-bond acceptors (Lipinski definition) is 3. The summed E-state index contributed by atoms with van der Waals surface area (Å²) >= 11 is 0. The maximum absolute atomic E-state index is 8.66. The first-order chi connectivity index (χ1) is 7.31. The maximum Gasteiger partial charge on any atom is 0.493 e. The molecule has 15 heavy (non-hydrogen) atoms. The molecule has 1 rings (SSSR count). The average Bonchev–Trinajstić information content (AvgIpc) is 2.29. The van der Waals surface area contributed by atoms with Crippen LogP contribution in [-0.4, -0.2) is 20.3 Å². The van der Waals surface area contributed by atoms with Crippen molar-refractivity contribution in [1.82, 2.24) is 0 Å². The second-order valence-electron chi connectivity index (χ2n) is 2.98. The fraction of sp³-hybridized carbons (Fsp3) is 0.364. The standard InChI is InChI=1S/C11H14BNO2/c1-3-14-12(15-4-2)11-7-5-10(9-13)6-8-11/h5-8H,3-4H2,1-2H3. The SMILES string of the molecule is CCOB(OCC)c1ccc(C#N)cc1. The molecule has 4 heteroatoms. The lowest BCUT2D eigenvalue weighted by Gasteiger charge is -2.12. The van der Waals surface area contributed by atoms with Gasteiger partial charge in [0.05, 0.1) is 11.6 Å². The van der Waals surface area contributed by atoms with Gasteiger partial charge in [-0.3, -0.25) is 0 Å². The van der Waals surface area contributed by atoms with Crippen LogP contribution < -0.4 is 5.46 Å². The average molecular weight is 203 g/mol. The molecule has 0 radical (unpaired) electrons. The zero-order valence-corrected chi connectivity index (χ0v) is 9.06. The van der Waals surface area contributed by atoms with Gasteiger partial charge in [-0.25, -0.2) is 0 Å². The molecule has 1 aromatic rings. The Morgan fingerprint density at radius 3 is 2.07 bits per heavy atom. The third-order valence-corrected chi connectivity index (χ3v) is 1.95. The van der Waals surface area contributed by atoms with Gasteiger partial charge >= 0.3 is 7.12 Å². The van der Waals surface area contributed by atoms with Gasteiger partial charge in [-0.15, -0.1) is 0 Å². The topological polar surface area (TPSA) is 42.2 Å². The summed E-state index contributed by atoms with van der Waals surface area (Å²) in [6.07, 6.45) is 0. The molecule has 0 saturated heterocycles. The first-order valence-corrected chi connectivity index (χ1v) is 5.05. The number of nitrogens with zero attached hydrogens (tertiary/aromatic N) is 1. The molecule has 0 aliphatic heterocycles. The number of hydrogen-bond donors (Lipinski definition) is 0. The van der Waals surface area contributed by atoms with E-state index in [2.05, 4.69) is 6.07 Å². The number of nitriles is 1. The van der Waals surface area contributed by atoms with Crippen molar-refractivity contribution in [3.8, 4) is 6.07 Å². The predicted octanol–water partition coefficient (Wildman–Crippen LogP) is 1.33. The zero-order chi connectivity index (χ0) is 11.1. The molecule has 0 aliphatic rings. The van der Waals surface area contributed by atoms with Gasteiger partial charge in [-0.05, 0) is 31.4 Å². The number of rotatable bonds is 5. The molecule has 0 fully saturated rings. The van der Waals surface area contributed by atoms with Crippen LogP contribution in [0.25, 0.3) is 0 Å². The molecule has 0 atom stereocenters. The smallest absolute Gasteiger partial charge is 0.408 e. The quantitative estimate of drug-likeness (QED) is 0.678. The van der Waals surface area contributed by atoms with E-state index < -0.39 is 0 Å². The van der Waals surface area contributed by atoms with E-state index in [4.69, 9.17) is 14.6 Å². The van der Waals surface area contributed by atoms with Gasteiger partial charge in [0.2, 0.25) is 0 Å². The van der Waals surface area contributed by atoms with E-state index in [9.17, 15) is 0 Å². The Hall–Kier alpha value is -1.31. The lowest BCUT2D eigenvalue weighted by molar-refractivity contribution is 0.225. The molecule has 0 saturated carbocycles. The lowest BCUT2D eigenvalue weighted by atomic mass is 9.78. The first kappa shape index (κ1) is 11.8.